The number of hydrogen-bond acceptors (Lipinski definition) is 4. The lowest BCUT2D eigenvalue weighted by Crippen LogP contribution is -2.47. The van der Waals surface area contributed by atoms with Crippen LogP contribution in [-0.4, -0.2) is 57.8 Å². The SMILES string of the molecule is CCNC(=NCC(C)(C)NS(C)(=O)=O)NCCSC.I. The minimum atomic E-state index is -3.23. The Morgan fingerprint density at radius 3 is 2.35 bits per heavy atom. The predicted molar refractivity (Wildman–Crippen MR) is 99.8 cm³/mol. The van der Waals surface area contributed by atoms with Crippen LogP contribution < -0.4 is 15.4 Å². The first-order valence-electron chi connectivity index (χ1n) is 6.20. The van der Waals surface area contributed by atoms with E-state index < -0.39 is 15.6 Å². The Labute approximate surface area is 144 Å². The van der Waals surface area contributed by atoms with Gasteiger partial charge in [0.05, 0.1) is 12.8 Å². The summed E-state index contributed by atoms with van der Waals surface area (Å²) in [5.41, 5.74) is -0.602. The highest BCUT2D eigenvalue weighted by atomic mass is 127. The van der Waals surface area contributed by atoms with Crippen molar-refractivity contribution in [2.24, 2.45) is 4.99 Å². The molecule has 0 bridgehead atoms. The average Bonchev–Trinajstić information content (AvgIpc) is 2.23. The number of hydrogen-bond donors (Lipinski definition) is 3. The van der Waals surface area contributed by atoms with Gasteiger partial charge < -0.3 is 10.6 Å². The lowest BCUT2D eigenvalue weighted by Gasteiger charge is -2.23. The summed E-state index contributed by atoms with van der Waals surface area (Å²) >= 11 is 1.76. The Hall–Kier alpha value is 0.260. The molecule has 0 aromatic heterocycles. The minimum Gasteiger partial charge on any atom is -0.357 e. The van der Waals surface area contributed by atoms with Crippen molar-refractivity contribution >= 4 is 51.7 Å². The van der Waals surface area contributed by atoms with Gasteiger partial charge in [-0.05, 0) is 27.0 Å². The van der Waals surface area contributed by atoms with E-state index >= 15 is 0 Å². The third-order valence-electron chi connectivity index (χ3n) is 2.04. The zero-order valence-electron chi connectivity index (χ0n) is 12.8. The Balaban J connectivity index is 0. The topological polar surface area (TPSA) is 82.6 Å². The fraction of sp³-hybridized carbons (Fsp3) is 0.909. The van der Waals surface area contributed by atoms with E-state index in [-0.39, 0.29) is 24.0 Å². The summed E-state index contributed by atoms with van der Waals surface area (Å²) in [4.78, 5) is 4.40. The molecule has 122 valence electrons. The van der Waals surface area contributed by atoms with Gasteiger partial charge in [0.25, 0.3) is 0 Å². The maximum atomic E-state index is 11.2. The van der Waals surface area contributed by atoms with Crippen molar-refractivity contribution in [2.75, 3.05) is 37.9 Å². The smallest absolute Gasteiger partial charge is 0.209 e. The van der Waals surface area contributed by atoms with Gasteiger partial charge in [0.2, 0.25) is 10.0 Å². The summed E-state index contributed by atoms with van der Waals surface area (Å²) in [6, 6.07) is 0. The maximum Gasteiger partial charge on any atom is 0.209 e. The summed E-state index contributed by atoms with van der Waals surface area (Å²) in [6.07, 6.45) is 3.20. The molecule has 0 saturated carbocycles. The Kier molecular flexibility index (Phi) is 12.3. The molecule has 6 nitrogen and oxygen atoms in total. The molecule has 0 unspecified atom stereocenters. The van der Waals surface area contributed by atoms with E-state index in [9.17, 15) is 8.42 Å². The van der Waals surface area contributed by atoms with E-state index in [1.165, 1.54) is 0 Å². The minimum absolute atomic E-state index is 0. The largest absolute Gasteiger partial charge is 0.357 e. The van der Waals surface area contributed by atoms with Crippen LogP contribution in [0, 0.1) is 0 Å². The van der Waals surface area contributed by atoms with Gasteiger partial charge in [-0.2, -0.15) is 11.8 Å². The first-order valence-corrected chi connectivity index (χ1v) is 9.49. The van der Waals surface area contributed by atoms with Crippen molar-refractivity contribution in [1.29, 1.82) is 0 Å². The molecule has 0 spiro atoms. The molecule has 0 rings (SSSR count). The molecule has 0 aromatic rings. The molecule has 0 saturated heterocycles. The lowest BCUT2D eigenvalue weighted by molar-refractivity contribution is 0.464. The molecule has 0 aromatic carbocycles. The number of nitrogens with zero attached hydrogens (tertiary/aromatic N) is 1. The number of rotatable bonds is 8. The lowest BCUT2D eigenvalue weighted by atomic mass is 10.1. The first kappa shape index (κ1) is 22.5. The van der Waals surface area contributed by atoms with Gasteiger partial charge in [0.1, 0.15) is 0 Å². The molecular weight excluding hydrogens is 411 g/mol. The Morgan fingerprint density at radius 2 is 1.90 bits per heavy atom. The second-order valence-corrected chi connectivity index (χ2v) is 7.61. The zero-order chi connectivity index (χ0) is 14.9. The molecule has 0 aliphatic heterocycles. The number of sulfonamides is 1. The number of aliphatic imine (C=N–C) groups is 1. The summed E-state index contributed by atoms with van der Waals surface area (Å²) in [5.74, 6) is 1.70. The molecule has 0 radical (unpaired) electrons. The van der Waals surface area contributed by atoms with Crippen molar-refractivity contribution in [3.63, 3.8) is 0 Å². The van der Waals surface area contributed by atoms with Crippen molar-refractivity contribution in [2.45, 2.75) is 26.3 Å². The van der Waals surface area contributed by atoms with Crippen LogP contribution in [-0.2, 0) is 10.0 Å². The van der Waals surface area contributed by atoms with Gasteiger partial charge in [0, 0.05) is 24.4 Å². The fourth-order valence-electron chi connectivity index (χ4n) is 1.42. The van der Waals surface area contributed by atoms with Crippen LogP contribution in [0.5, 0.6) is 0 Å². The maximum absolute atomic E-state index is 11.2. The van der Waals surface area contributed by atoms with Crippen molar-refractivity contribution in [3.05, 3.63) is 0 Å². The molecule has 0 fully saturated rings. The van der Waals surface area contributed by atoms with Crippen LogP contribution in [0.25, 0.3) is 0 Å². The van der Waals surface area contributed by atoms with Gasteiger partial charge >= 0.3 is 0 Å². The third-order valence-corrected chi connectivity index (χ3v) is 3.57. The van der Waals surface area contributed by atoms with E-state index in [4.69, 9.17) is 0 Å². The van der Waals surface area contributed by atoms with Crippen molar-refractivity contribution in [1.82, 2.24) is 15.4 Å². The monoisotopic (exact) mass is 438 g/mol. The molecule has 9 heteroatoms. The van der Waals surface area contributed by atoms with E-state index in [0.29, 0.717) is 12.5 Å². The van der Waals surface area contributed by atoms with Gasteiger partial charge in [-0.1, -0.05) is 0 Å². The number of halogens is 1. The zero-order valence-corrected chi connectivity index (χ0v) is 16.8. The standard InChI is InChI=1S/C11H26N4O2S2.HI/c1-6-12-10(13-7-8-18-4)14-9-11(2,3)15-19(5,16)17;/h15H,6-9H2,1-5H3,(H2,12,13,14);1H. The summed E-state index contributed by atoms with van der Waals surface area (Å²) in [5, 5.41) is 6.33. The van der Waals surface area contributed by atoms with Crippen molar-refractivity contribution < 1.29 is 8.42 Å². The molecule has 0 atom stereocenters. The van der Waals surface area contributed by atoms with Gasteiger partial charge in [-0.25, -0.2) is 13.1 Å². The summed E-state index contributed by atoms with van der Waals surface area (Å²) in [7, 11) is -3.23. The molecule has 0 amide bonds. The molecule has 20 heavy (non-hydrogen) atoms. The number of nitrogens with one attached hydrogen (secondary N) is 3. The van der Waals surface area contributed by atoms with E-state index in [1.807, 2.05) is 27.0 Å². The normalized spacial score (nSPS) is 12.8. The number of guanidine groups is 1. The van der Waals surface area contributed by atoms with E-state index in [2.05, 4.69) is 20.3 Å². The summed E-state index contributed by atoms with van der Waals surface area (Å²) < 4.78 is 25.0. The predicted octanol–water partition coefficient (Wildman–Crippen LogP) is 0.850. The van der Waals surface area contributed by atoms with Gasteiger partial charge in [-0.3, -0.25) is 4.99 Å². The third kappa shape index (κ3) is 13.3. The molecule has 0 aliphatic rings. The van der Waals surface area contributed by atoms with Crippen LogP contribution in [0.15, 0.2) is 4.99 Å². The highest BCUT2D eigenvalue weighted by Crippen LogP contribution is 2.04. The van der Waals surface area contributed by atoms with E-state index in [0.717, 1.165) is 25.1 Å². The van der Waals surface area contributed by atoms with Crippen molar-refractivity contribution in [3.8, 4) is 0 Å². The van der Waals surface area contributed by atoms with E-state index in [1.54, 1.807) is 11.8 Å². The molecular formula is C11H27IN4O2S2. The fourth-order valence-corrected chi connectivity index (χ4v) is 2.80. The quantitative estimate of drug-likeness (QED) is 0.227. The van der Waals surface area contributed by atoms with Gasteiger partial charge in [0.15, 0.2) is 5.96 Å². The molecule has 3 N–H and O–H groups in total. The highest BCUT2D eigenvalue weighted by molar-refractivity contribution is 14.0. The summed E-state index contributed by atoms with van der Waals surface area (Å²) in [6.45, 7) is 7.57. The first-order chi connectivity index (χ1) is 8.70. The number of thioether (sulfide) groups is 1. The highest BCUT2D eigenvalue weighted by Gasteiger charge is 2.21. The van der Waals surface area contributed by atoms with Crippen LogP contribution in [0.2, 0.25) is 0 Å². The van der Waals surface area contributed by atoms with Crippen LogP contribution in [0.4, 0.5) is 0 Å². The van der Waals surface area contributed by atoms with Gasteiger partial charge in [-0.15, -0.1) is 24.0 Å². The second kappa shape index (κ2) is 10.9. The van der Waals surface area contributed by atoms with Crippen LogP contribution >= 0.6 is 35.7 Å². The average molecular weight is 438 g/mol. The molecule has 0 aliphatic carbocycles. The second-order valence-electron chi connectivity index (χ2n) is 4.87. The Bertz CT molecular complexity index is 386. The van der Waals surface area contributed by atoms with Crippen LogP contribution in [0.1, 0.15) is 20.8 Å². The van der Waals surface area contributed by atoms with Crippen LogP contribution in [0.3, 0.4) is 0 Å². The molecule has 0 heterocycles. The Morgan fingerprint density at radius 1 is 1.30 bits per heavy atom.